The van der Waals surface area contributed by atoms with E-state index in [0.29, 0.717) is 19.4 Å². The van der Waals surface area contributed by atoms with Gasteiger partial charge >= 0.3 is 0 Å². The Bertz CT molecular complexity index is 745. The highest BCUT2D eigenvalue weighted by atomic mass is 28.4. The van der Waals surface area contributed by atoms with E-state index in [9.17, 15) is 4.79 Å². The average molecular weight is 543 g/mol. The molecule has 1 fully saturated rings. The number of ether oxygens (including phenoxy) is 2. The molecule has 204 valence electrons. The molecule has 0 unspecified atom stereocenters. The van der Waals surface area contributed by atoms with Crippen molar-refractivity contribution in [3.63, 3.8) is 0 Å². The van der Waals surface area contributed by atoms with E-state index < -0.39 is 42.2 Å². The van der Waals surface area contributed by atoms with Gasteiger partial charge in [-0.3, -0.25) is 0 Å². The van der Waals surface area contributed by atoms with Gasteiger partial charge in [-0.2, -0.15) is 0 Å². The maximum atomic E-state index is 13.0. The van der Waals surface area contributed by atoms with Crippen LogP contribution >= 0.6 is 0 Å². The average Bonchev–Trinajstić information content (AvgIpc) is 2.73. The fourth-order valence-corrected chi connectivity index (χ4v) is 8.84. The van der Waals surface area contributed by atoms with Crippen LogP contribution in [-0.2, 0) is 23.1 Å². The van der Waals surface area contributed by atoms with Crippen molar-refractivity contribution in [2.24, 2.45) is 0 Å². The van der Waals surface area contributed by atoms with Crippen molar-refractivity contribution in [2.75, 3.05) is 6.61 Å². The molecule has 1 saturated heterocycles. The Morgan fingerprint density at radius 2 is 1.54 bits per heavy atom. The van der Waals surface area contributed by atoms with Gasteiger partial charge in [0.1, 0.15) is 19.8 Å². The number of hydrogen-bond acceptors (Lipinski definition) is 5. The van der Waals surface area contributed by atoms with E-state index in [1.54, 1.807) is 0 Å². The summed E-state index contributed by atoms with van der Waals surface area (Å²) in [6.07, 6.45) is 1.28. The van der Waals surface area contributed by atoms with E-state index in [2.05, 4.69) is 85.7 Å². The molecule has 0 spiro atoms. The Balaban J connectivity index is 3.42. The van der Waals surface area contributed by atoms with Gasteiger partial charge in [-0.25, -0.2) is 0 Å². The molecule has 0 aromatic carbocycles. The normalized spacial score (nSPS) is 23.2. The van der Waals surface area contributed by atoms with Crippen LogP contribution in [0.3, 0.4) is 0 Å². The van der Waals surface area contributed by atoms with Crippen LogP contribution in [0.5, 0.6) is 0 Å². The summed E-state index contributed by atoms with van der Waals surface area (Å²) >= 11 is 0. The summed E-state index contributed by atoms with van der Waals surface area (Å²) in [5.41, 5.74) is 2.38. The standard InChI is InChI=1S/C27H54O5Si3/c1-14-35(15-2,16-3)32-27(22-28,18-19-29-34(12,13)25(4,5)6)24-21-23(17-20-33(9,10)11)30-26(7,8)31-24/h22-24H,14-16,18-19,21H2,1-13H3/t23-,24-,27-/m1/s1. The zero-order valence-electron chi connectivity index (χ0n) is 25.0. The number of rotatable bonds is 11. The van der Waals surface area contributed by atoms with Crippen LogP contribution < -0.4 is 0 Å². The molecule has 0 aromatic heterocycles. The Morgan fingerprint density at radius 3 is 1.97 bits per heavy atom. The van der Waals surface area contributed by atoms with Gasteiger partial charge in [0.25, 0.3) is 0 Å². The van der Waals surface area contributed by atoms with E-state index in [1.165, 1.54) is 0 Å². The Hall–Kier alpha value is -0.279. The lowest BCUT2D eigenvalue weighted by Gasteiger charge is -2.49. The molecular formula is C27H54O5Si3. The molecule has 0 N–H and O–H groups in total. The molecule has 0 aliphatic carbocycles. The van der Waals surface area contributed by atoms with E-state index in [-0.39, 0.29) is 11.1 Å². The summed E-state index contributed by atoms with van der Waals surface area (Å²) in [7, 11) is -5.67. The maximum Gasteiger partial charge on any atom is 0.193 e. The fraction of sp³-hybridized carbons (Fsp3) is 0.889. The number of aldehydes is 1. The lowest BCUT2D eigenvalue weighted by Crippen LogP contribution is -2.61. The number of carbonyl (C=O) groups is 1. The molecule has 0 aromatic rings. The van der Waals surface area contributed by atoms with Crippen molar-refractivity contribution in [3.8, 4) is 11.5 Å². The first kappa shape index (κ1) is 32.7. The first-order valence-corrected chi connectivity index (χ1v) is 22.4. The molecule has 1 heterocycles. The smallest absolute Gasteiger partial charge is 0.193 e. The predicted molar refractivity (Wildman–Crippen MR) is 154 cm³/mol. The molecule has 0 bridgehead atoms. The van der Waals surface area contributed by atoms with Gasteiger partial charge in [-0.05, 0) is 50.1 Å². The van der Waals surface area contributed by atoms with Crippen LogP contribution in [0, 0.1) is 11.5 Å². The first-order valence-electron chi connectivity index (χ1n) is 13.5. The van der Waals surface area contributed by atoms with Crippen LogP contribution in [0.4, 0.5) is 0 Å². The second-order valence-electron chi connectivity index (χ2n) is 13.1. The van der Waals surface area contributed by atoms with E-state index in [1.807, 2.05) is 13.8 Å². The zero-order valence-corrected chi connectivity index (χ0v) is 28.0. The monoisotopic (exact) mass is 542 g/mol. The van der Waals surface area contributed by atoms with Crippen molar-refractivity contribution in [1.82, 2.24) is 0 Å². The molecule has 0 saturated carbocycles. The first-order chi connectivity index (χ1) is 15.8. The van der Waals surface area contributed by atoms with Gasteiger partial charge in [0.2, 0.25) is 0 Å². The van der Waals surface area contributed by atoms with Gasteiger partial charge in [0.05, 0.1) is 6.10 Å². The van der Waals surface area contributed by atoms with Gasteiger partial charge in [-0.15, -0.1) is 5.54 Å². The quantitative estimate of drug-likeness (QED) is 0.158. The van der Waals surface area contributed by atoms with Crippen LogP contribution in [0.2, 0.25) is 55.9 Å². The van der Waals surface area contributed by atoms with Crippen LogP contribution in [0.15, 0.2) is 0 Å². The summed E-state index contributed by atoms with van der Waals surface area (Å²) in [5.74, 6) is 2.52. The summed E-state index contributed by atoms with van der Waals surface area (Å²) in [6, 6.07) is 2.89. The van der Waals surface area contributed by atoms with Crippen molar-refractivity contribution in [3.05, 3.63) is 0 Å². The van der Waals surface area contributed by atoms with Gasteiger partial charge in [-0.1, -0.05) is 67.1 Å². The van der Waals surface area contributed by atoms with E-state index in [0.717, 1.165) is 24.4 Å². The summed E-state index contributed by atoms with van der Waals surface area (Å²) < 4.78 is 26.2. The van der Waals surface area contributed by atoms with Crippen molar-refractivity contribution < 1.29 is 23.1 Å². The third-order valence-electron chi connectivity index (χ3n) is 7.73. The van der Waals surface area contributed by atoms with Gasteiger partial charge < -0.3 is 23.1 Å². The predicted octanol–water partition coefficient (Wildman–Crippen LogP) is 7.15. The zero-order chi connectivity index (χ0) is 27.3. The molecule has 0 amide bonds. The van der Waals surface area contributed by atoms with Crippen molar-refractivity contribution in [1.29, 1.82) is 0 Å². The highest BCUT2D eigenvalue weighted by Crippen LogP contribution is 2.40. The van der Waals surface area contributed by atoms with Crippen LogP contribution in [0.25, 0.3) is 0 Å². The molecule has 0 radical (unpaired) electrons. The van der Waals surface area contributed by atoms with Gasteiger partial charge in [0, 0.05) is 19.4 Å². The van der Waals surface area contributed by atoms with Crippen LogP contribution in [-0.4, -0.2) is 61.2 Å². The highest BCUT2D eigenvalue weighted by molar-refractivity contribution is 6.83. The minimum atomic E-state index is -2.13. The minimum Gasteiger partial charge on any atom is -0.417 e. The molecule has 1 aliphatic heterocycles. The van der Waals surface area contributed by atoms with E-state index >= 15 is 0 Å². The molecule has 8 heteroatoms. The molecule has 5 nitrogen and oxygen atoms in total. The second kappa shape index (κ2) is 12.1. The lowest BCUT2D eigenvalue weighted by atomic mass is 9.89. The van der Waals surface area contributed by atoms with Crippen molar-refractivity contribution in [2.45, 2.75) is 148 Å². The summed E-state index contributed by atoms with van der Waals surface area (Å²) in [4.78, 5) is 13.0. The largest absolute Gasteiger partial charge is 0.417 e. The Labute approximate surface area is 219 Å². The topological polar surface area (TPSA) is 54.0 Å². The minimum absolute atomic E-state index is 0.0984. The van der Waals surface area contributed by atoms with E-state index in [4.69, 9.17) is 18.3 Å². The third kappa shape index (κ3) is 9.20. The maximum absolute atomic E-state index is 13.0. The fourth-order valence-electron chi connectivity index (χ4n) is 4.18. The number of hydrogen-bond donors (Lipinski definition) is 0. The SMILES string of the molecule is CC[Si](CC)(CC)O[C@@](C=O)(CCO[Si](C)(C)C(C)(C)C)[C@H]1C[C@@H](C#C[Si](C)(C)C)OC(C)(C)O1. The van der Waals surface area contributed by atoms with Crippen molar-refractivity contribution >= 4 is 31.0 Å². The van der Waals surface area contributed by atoms with Crippen LogP contribution in [0.1, 0.15) is 68.2 Å². The molecule has 3 atom stereocenters. The second-order valence-corrected chi connectivity index (χ2v) is 27.4. The summed E-state index contributed by atoms with van der Waals surface area (Å²) in [5, 5.41) is 0.0984. The molecule has 1 aliphatic rings. The lowest BCUT2D eigenvalue weighted by molar-refractivity contribution is -0.310. The third-order valence-corrected chi connectivity index (χ3v) is 17.8. The highest BCUT2D eigenvalue weighted by Gasteiger charge is 2.52. The molecule has 1 rings (SSSR count). The Kier molecular flexibility index (Phi) is 11.3. The summed E-state index contributed by atoms with van der Waals surface area (Å²) in [6.45, 7) is 28.7. The number of carbonyl (C=O) groups excluding carboxylic acids is 1. The van der Waals surface area contributed by atoms with Gasteiger partial charge in [0.15, 0.2) is 28.7 Å². The Morgan fingerprint density at radius 1 is 1.00 bits per heavy atom. The molecule has 35 heavy (non-hydrogen) atoms. The molecular weight excluding hydrogens is 489 g/mol.